The zero-order valence-electron chi connectivity index (χ0n) is 27.0. The van der Waals surface area contributed by atoms with Crippen LogP contribution < -0.4 is 10.2 Å². The molecule has 0 bridgehead atoms. The van der Waals surface area contributed by atoms with Gasteiger partial charge in [-0.25, -0.2) is 9.98 Å². The Bertz CT molecular complexity index is 1690. The number of nitrogens with one attached hydrogen (secondary N) is 1. The Labute approximate surface area is 266 Å². The number of aliphatic imine (C=N–C) groups is 1. The van der Waals surface area contributed by atoms with Gasteiger partial charge in [0.2, 0.25) is 0 Å². The van der Waals surface area contributed by atoms with Crippen LogP contribution in [-0.2, 0) is 9.53 Å². The van der Waals surface area contributed by atoms with Gasteiger partial charge in [-0.1, -0.05) is 0 Å². The van der Waals surface area contributed by atoms with Crippen LogP contribution in [0.3, 0.4) is 0 Å². The number of hydrogen-bond donors (Lipinski definition) is 1. The molecule has 1 N–H and O–H groups in total. The van der Waals surface area contributed by atoms with Crippen LogP contribution in [0.15, 0.2) is 53.5 Å². The van der Waals surface area contributed by atoms with E-state index in [0.29, 0.717) is 30.1 Å². The largest absolute Gasteiger partial charge is 0.500 e. The van der Waals surface area contributed by atoms with Crippen LogP contribution in [0.25, 0.3) is 16.6 Å². The summed E-state index contributed by atoms with van der Waals surface area (Å²) >= 11 is 0. The third-order valence-electron chi connectivity index (χ3n) is 8.73. The molecule has 2 aliphatic rings. The molecule has 1 fully saturated rings. The van der Waals surface area contributed by atoms with Gasteiger partial charge in [0.05, 0.1) is 19.2 Å². The number of nitrogens with zero attached hydrogens (tertiary/aromatic N) is 6. The average Bonchev–Trinajstić information content (AvgIpc) is 3.42. The molecule has 10 nitrogen and oxygen atoms in total. The molecule has 0 aliphatic carbocycles. The fourth-order valence-corrected chi connectivity index (χ4v) is 6.43. The van der Waals surface area contributed by atoms with Crippen molar-refractivity contribution in [3.8, 4) is 11.1 Å². The molecular weight excluding hydrogens is 599 g/mol. The average molecular weight is 640 g/mol. The van der Waals surface area contributed by atoms with Crippen molar-refractivity contribution >= 4 is 28.9 Å². The number of dihydropyridines is 1. The number of carbonyl (C=O) groups excluding carboxylic acids is 2. The standard InChI is InChI=1S/C33H40F3N7O3/c1-20-16-28(46-6)26(32(45)39-20)18-38-31(44)25-17-27-23(24-8-7-10-37-30(24)40(4)5)9-11-43(27)29(21(25)2)22(3)42-14-12-41(13-15-42)19-33(34,35)36/h7-11,16-17,22,26H,12-15,18-19H2,1-6H3,(H,38,44). The molecule has 5 heterocycles. The van der Waals surface area contributed by atoms with Gasteiger partial charge in [0.25, 0.3) is 11.8 Å². The van der Waals surface area contributed by atoms with Gasteiger partial charge in [0.15, 0.2) is 0 Å². The second-order valence-electron chi connectivity index (χ2n) is 12.0. The maximum atomic E-state index is 13.9. The summed E-state index contributed by atoms with van der Waals surface area (Å²) in [5, 5.41) is 2.93. The Morgan fingerprint density at radius 1 is 1.15 bits per heavy atom. The molecule has 0 saturated carbocycles. The molecule has 0 aromatic carbocycles. The van der Waals surface area contributed by atoms with Crippen LogP contribution in [0, 0.1) is 12.8 Å². The van der Waals surface area contributed by atoms with E-state index in [4.69, 9.17) is 4.74 Å². The van der Waals surface area contributed by atoms with E-state index >= 15 is 0 Å². The monoisotopic (exact) mass is 639 g/mol. The SMILES string of the molecule is COC1=CC(C)=NC(=O)C1CNC(=O)c1cc2c(-c3cccnc3N(C)C)ccn2c(C(C)N2CCN(CC(F)(F)F)CC2)c1C. The summed E-state index contributed by atoms with van der Waals surface area (Å²) in [7, 11) is 5.32. The van der Waals surface area contributed by atoms with Crippen molar-refractivity contribution in [1.82, 2.24) is 24.5 Å². The van der Waals surface area contributed by atoms with E-state index in [-0.39, 0.29) is 37.5 Å². The van der Waals surface area contributed by atoms with E-state index in [9.17, 15) is 22.8 Å². The number of aromatic nitrogens is 2. The number of alkyl halides is 3. The lowest BCUT2D eigenvalue weighted by Crippen LogP contribution is -2.50. The van der Waals surface area contributed by atoms with Crippen molar-refractivity contribution in [3.63, 3.8) is 0 Å². The van der Waals surface area contributed by atoms with E-state index in [1.165, 1.54) is 12.0 Å². The zero-order chi connectivity index (χ0) is 33.3. The summed E-state index contributed by atoms with van der Waals surface area (Å²) in [5.74, 6) is -0.280. The molecule has 2 unspecified atom stereocenters. The molecule has 0 spiro atoms. The number of carbonyl (C=O) groups is 2. The normalized spacial score (nSPS) is 18.7. The summed E-state index contributed by atoms with van der Waals surface area (Å²) in [6, 6.07) is 7.47. The molecule has 5 rings (SSSR count). The first-order valence-corrected chi connectivity index (χ1v) is 15.2. The van der Waals surface area contributed by atoms with Gasteiger partial charge in [-0.3, -0.25) is 19.4 Å². The van der Waals surface area contributed by atoms with Gasteiger partial charge >= 0.3 is 6.18 Å². The molecule has 13 heteroatoms. The summed E-state index contributed by atoms with van der Waals surface area (Å²) in [6.07, 6.45) is 1.14. The van der Waals surface area contributed by atoms with E-state index < -0.39 is 18.6 Å². The summed E-state index contributed by atoms with van der Waals surface area (Å²) in [5.41, 5.74) is 5.13. The number of ether oxygens (including phenoxy) is 1. The minimum Gasteiger partial charge on any atom is -0.500 e. The number of methoxy groups -OCH3 is 1. The first-order valence-electron chi connectivity index (χ1n) is 15.2. The smallest absolute Gasteiger partial charge is 0.401 e. The lowest BCUT2D eigenvalue weighted by atomic mass is 9.98. The molecule has 2 amide bonds. The third-order valence-corrected chi connectivity index (χ3v) is 8.73. The van der Waals surface area contributed by atoms with E-state index in [1.54, 1.807) is 19.2 Å². The molecule has 246 valence electrons. The number of hydrogen-bond acceptors (Lipinski definition) is 7. The summed E-state index contributed by atoms with van der Waals surface area (Å²) in [6.45, 7) is 6.17. The van der Waals surface area contributed by atoms with Crippen molar-refractivity contribution in [3.05, 3.63) is 65.3 Å². The third kappa shape index (κ3) is 6.80. The number of allylic oxidation sites excluding steroid dienone is 1. The predicted molar refractivity (Wildman–Crippen MR) is 171 cm³/mol. The van der Waals surface area contributed by atoms with Crippen LogP contribution in [0.4, 0.5) is 19.0 Å². The summed E-state index contributed by atoms with van der Waals surface area (Å²) < 4.78 is 46.6. The van der Waals surface area contributed by atoms with Gasteiger partial charge < -0.3 is 19.4 Å². The summed E-state index contributed by atoms with van der Waals surface area (Å²) in [4.78, 5) is 40.7. The molecule has 1 saturated heterocycles. The van der Waals surface area contributed by atoms with Gasteiger partial charge in [0.1, 0.15) is 17.5 Å². The fourth-order valence-electron chi connectivity index (χ4n) is 6.43. The van der Waals surface area contributed by atoms with Crippen LogP contribution in [0.5, 0.6) is 0 Å². The van der Waals surface area contributed by atoms with Gasteiger partial charge in [-0.2, -0.15) is 13.2 Å². The highest BCUT2D eigenvalue weighted by Gasteiger charge is 2.34. The quantitative estimate of drug-likeness (QED) is 0.369. The molecule has 2 aliphatic heterocycles. The first-order chi connectivity index (χ1) is 21.8. The van der Waals surface area contributed by atoms with Crippen LogP contribution in [0.2, 0.25) is 0 Å². The molecule has 0 radical (unpaired) electrons. The number of amides is 2. The van der Waals surface area contributed by atoms with E-state index in [0.717, 1.165) is 33.7 Å². The number of rotatable bonds is 9. The minimum atomic E-state index is -4.25. The number of fused-ring (bicyclic) bond motifs is 1. The number of piperazine rings is 1. The highest BCUT2D eigenvalue weighted by atomic mass is 19.4. The molecule has 3 aromatic rings. The molecule has 3 aromatic heterocycles. The molecule has 46 heavy (non-hydrogen) atoms. The second kappa shape index (κ2) is 13.2. The Morgan fingerprint density at radius 3 is 2.52 bits per heavy atom. The molecular formula is C33H40F3N7O3. The van der Waals surface area contributed by atoms with Crippen molar-refractivity contribution in [2.45, 2.75) is 33.0 Å². The maximum absolute atomic E-state index is 13.9. The van der Waals surface area contributed by atoms with Crippen molar-refractivity contribution in [1.29, 1.82) is 0 Å². The van der Waals surface area contributed by atoms with Crippen LogP contribution in [-0.4, -0.2) is 103 Å². The Morgan fingerprint density at radius 2 is 1.87 bits per heavy atom. The van der Waals surface area contributed by atoms with Crippen molar-refractivity contribution in [2.75, 3.05) is 65.4 Å². The van der Waals surface area contributed by atoms with Gasteiger partial charge in [-0.05, 0) is 56.7 Å². The highest BCUT2D eigenvalue weighted by Crippen LogP contribution is 2.36. The first kappa shape index (κ1) is 33.1. The van der Waals surface area contributed by atoms with Crippen LogP contribution >= 0.6 is 0 Å². The Balaban J connectivity index is 1.53. The number of halogens is 3. The zero-order valence-corrected chi connectivity index (χ0v) is 27.0. The topological polar surface area (TPSA) is 94.8 Å². The minimum absolute atomic E-state index is 0.00600. The van der Waals surface area contributed by atoms with Gasteiger partial charge in [0, 0.05) is 93.4 Å². The van der Waals surface area contributed by atoms with Crippen molar-refractivity contribution in [2.24, 2.45) is 10.9 Å². The van der Waals surface area contributed by atoms with Crippen LogP contribution in [0.1, 0.15) is 41.5 Å². The maximum Gasteiger partial charge on any atom is 0.401 e. The Hall–Kier alpha value is -4.23. The number of anilines is 1. The lowest BCUT2D eigenvalue weighted by Gasteiger charge is -2.39. The fraction of sp³-hybridized carbons (Fsp3) is 0.455. The molecule has 2 atom stereocenters. The van der Waals surface area contributed by atoms with E-state index in [2.05, 4.69) is 24.6 Å². The van der Waals surface area contributed by atoms with Crippen molar-refractivity contribution < 1.29 is 27.5 Å². The second-order valence-corrected chi connectivity index (χ2v) is 12.0. The lowest BCUT2D eigenvalue weighted by molar-refractivity contribution is -0.149. The predicted octanol–water partition coefficient (Wildman–Crippen LogP) is 4.49. The Kier molecular flexibility index (Phi) is 9.54. The van der Waals surface area contributed by atoms with E-state index in [1.807, 2.05) is 63.3 Å². The van der Waals surface area contributed by atoms with Gasteiger partial charge in [-0.15, -0.1) is 0 Å². The highest BCUT2D eigenvalue weighted by molar-refractivity contribution is 6.06. The number of pyridine rings is 2.